The monoisotopic (exact) mass is 292 g/mol. The predicted octanol–water partition coefficient (Wildman–Crippen LogP) is 1.67. The molecule has 1 N–H and O–H groups in total. The fraction of sp³-hybridized carbons (Fsp3) is 0.643. The van der Waals surface area contributed by atoms with Gasteiger partial charge >= 0.3 is 0 Å². The van der Waals surface area contributed by atoms with E-state index in [-0.39, 0.29) is 25.0 Å². The average Bonchev–Trinajstić information content (AvgIpc) is 3.13. The lowest BCUT2D eigenvalue weighted by molar-refractivity contribution is -0.0207. The Morgan fingerprint density at radius 1 is 1.43 bits per heavy atom. The molecular weight excluding hydrogens is 272 g/mol. The molecule has 0 bridgehead atoms. The Bertz CT molecular complexity index is 615. The summed E-state index contributed by atoms with van der Waals surface area (Å²) in [4.78, 5) is 12.8. The fourth-order valence-corrected chi connectivity index (χ4v) is 2.43. The van der Waals surface area contributed by atoms with Crippen molar-refractivity contribution < 1.29 is 14.6 Å². The molecule has 3 atom stereocenters. The second-order valence-corrected chi connectivity index (χ2v) is 5.31. The summed E-state index contributed by atoms with van der Waals surface area (Å²) in [7, 11) is 0. The molecule has 0 spiro atoms. The highest BCUT2D eigenvalue weighted by Crippen LogP contribution is 2.31. The average molecular weight is 292 g/mol. The van der Waals surface area contributed by atoms with Crippen LogP contribution in [-0.2, 0) is 4.74 Å². The van der Waals surface area contributed by atoms with Crippen LogP contribution in [0.3, 0.4) is 0 Å². The minimum Gasteiger partial charge on any atom is -0.473 e. The highest BCUT2D eigenvalue weighted by molar-refractivity contribution is 5.76. The van der Waals surface area contributed by atoms with E-state index in [2.05, 4.69) is 21.9 Å². The molecule has 0 unspecified atom stereocenters. The second-order valence-electron chi connectivity index (χ2n) is 5.31. The molecule has 2 aromatic heterocycles. The summed E-state index contributed by atoms with van der Waals surface area (Å²) >= 11 is 0. The van der Waals surface area contributed by atoms with Crippen molar-refractivity contribution in [3.63, 3.8) is 0 Å². The standard InChI is InChI=1S/C14H20N4O3/c1-3-9(2)20-14-12-13(15-7-16-14)18(8-17-12)11-5-4-10(6-19)21-11/h7-11,19H,3-6H2,1-2H3/t9-,10-,11+/m0/s1. The van der Waals surface area contributed by atoms with Crippen molar-refractivity contribution in [3.8, 4) is 5.88 Å². The van der Waals surface area contributed by atoms with E-state index in [9.17, 15) is 0 Å². The SMILES string of the molecule is CC[C@H](C)Oc1ncnc2c1ncn2[C@H]1CC[C@@H](CO)O1. The summed E-state index contributed by atoms with van der Waals surface area (Å²) in [6.45, 7) is 4.10. The zero-order valence-corrected chi connectivity index (χ0v) is 12.3. The molecule has 0 saturated carbocycles. The Morgan fingerprint density at radius 2 is 2.29 bits per heavy atom. The van der Waals surface area contributed by atoms with Crippen molar-refractivity contribution in [2.75, 3.05) is 6.61 Å². The van der Waals surface area contributed by atoms with Crippen LogP contribution < -0.4 is 4.74 Å². The first-order chi connectivity index (χ1) is 10.2. The van der Waals surface area contributed by atoms with Crippen molar-refractivity contribution in [2.45, 2.75) is 51.5 Å². The highest BCUT2D eigenvalue weighted by atomic mass is 16.5. The van der Waals surface area contributed by atoms with Gasteiger partial charge in [0.1, 0.15) is 12.6 Å². The molecule has 2 aromatic rings. The van der Waals surface area contributed by atoms with Crippen molar-refractivity contribution in [3.05, 3.63) is 12.7 Å². The number of aliphatic hydroxyl groups is 1. The van der Waals surface area contributed by atoms with Crippen LogP contribution in [-0.4, -0.2) is 43.4 Å². The molecule has 0 radical (unpaired) electrons. The first-order valence-electron chi connectivity index (χ1n) is 7.33. The summed E-state index contributed by atoms with van der Waals surface area (Å²) in [5.74, 6) is 0.504. The zero-order chi connectivity index (χ0) is 14.8. The van der Waals surface area contributed by atoms with Crippen molar-refractivity contribution in [1.29, 1.82) is 0 Å². The maximum Gasteiger partial charge on any atom is 0.245 e. The van der Waals surface area contributed by atoms with Crippen molar-refractivity contribution in [2.24, 2.45) is 0 Å². The van der Waals surface area contributed by atoms with Crippen LogP contribution in [0.25, 0.3) is 11.2 Å². The van der Waals surface area contributed by atoms with Crippen LogP contribution in [0.1, 0.15) is 39.3 Å². The number of hydrogen-bond donors (Lipinski definition) is 1. The molecule has 1 aliphatic heterocycles. The lowest BCUT2D eigenvalue weighted by atomic mass is 10.2. The molecule has 7 nitrogen and oxygen atoms in total. The number of aliphatic hydroxyl groups excluding tert-OH is 1. The third-order valence-electron chi connectivity index (χ3n) is 3.81. The van der Waals surface area contributed by atoms with E-state index in [1.807, 2.05) is 11.5 Å². The highest BCUT2D eigenvalue weighted by Gasteiger charge is 2.28. The molecule has 0 amide bonds. The van der Waals surface area contributed by atoms with Crippen LogP contribution in [0, 0.1) is 0 Å². The van der Waals surface area contributed by atoms with Crippen molar-refractivity contribution in [1.82, 2.24) is 19.5 Å². The molecule has 21 heavy (non-hydrogen) atoms. The predicted molar refractivity (Wildman–Crippen MR) is 75.9 cm³/mol. The largest absolute Gasteiger partial charge is 0.473 e. The van der Waals surface area contributed by atoms with E-state index in [0.29, 0.717) is 17.0 Å². The van der Waals surface area contributed by atoms with Crippen LogP contribution in [0.15, 0.2) is 12.7 Å². The van der Waals surface area contributed by atoms with E-state index < -0.39 is 0 Å². The third-order valence-corrected chi connectivity index (χ3v) is 3.81. The van der Waals surface area contributed by atoms with Gasteiger partial charge in [-0.2, -0.15) is 4.98 Å². The summed E-state index contributed by atoms with van der Waals surface area (Å²) in [6.07, 6.45) is 5.59. The molecule has 7 heteroatoms. The topological polar surface area (TPSA) is 82.3 Å². The molecule has 1 saturated heterocycles. The first kappa shape index (κ1) is 14.2. The van der Waals surface area contributed by atoms with Gasteiger partial charge in [-0.05, 0) is 26.2 Å². The van der Waals surface area contributed by atoms with E-state index in [1.165, 1.54) is 6.33 Å². The number of fused-ring (bicyclic) bond motifs is 1. The van der Waals surface area contributed by atoms with Gasteiger partial charge in [0.15, 0.2) is 11.2 Å². The molecule has 1 aliphatic rings. The van der Waals surface area contributed by atoms with Gasteiger partial charge in [-0.1, -0.05) is 6.92 Å². The van der Waals surface area contributed by atoms with Crippen LogP contribution in [0.2, 0.25) is 0 Å². The summed E-state index contributed by atoms with van der Waals surface area (Å²) in [5, 5.41) is 9.17. The van der Waals surface area contributed by atoms with Gasteiger partial charge in [0, 0.05) is 0 Å². The number of aromatic nitrogens is 4. The second kappa shape index (κ2) is 5.95. The van der Waals surface area contributed by atoms with Crippen LogP contribution >= 0.6 is 0 Å². The maximum atomic E-state index is 9.17. The smallest absolute Gasteiger partial charge is 0.245 e. The Morgan fingerprint density at radius 3 is 3.00 bits per heavy atom. The summed E-state index contributed by atoms with van der Waals surface area (Å²) in [6, 6.07) is 0. The maximum absolute atomic E-state index is 9.17. The molecule has 3 heterocycles. The van der Waals surface area contributed by atoms with Gasteiger partial charge < -0.3 is 14.6 Å². The van der Waals surface area contributed by atoms with E-state index in [1.54, 1.807) is 6.33 Å². The lowest BCUT2D eigenvalue weighted by Crippen LogP contribution is -2.14. The molecule has 3 rings (SSSR count). The lowest BCUT2D eigenvalue weighted by Gasteiger charge is -2.14. The van der Waals surface area contributed by atoms with Crippen LogP contribution in [0.5, 0.6) is 5.88 Å². The van der Waals surface area contributed by atoms with E-state index in [4.69, 9.17) is 14.6 Å². The minimum absolute atomic E-state index is 0.0422. The normalized spacial score (nSPS) is 23.6. The Kier molecular flexibility index (Phi) is 4.03. The molecule has 114 valence electrons. The van der Waals surface area contributed by atoms with Gasteiger partial charge in [-0.15, -0.1) is 0 Å². The summed E-state index contributed by atoms with van der Waals surface area (Å²) in [5.41, 5.74) is 1.35. The van der Waals surface area contributed by atoms with Gasteiger partial charge in [-0.3, -0.25) is 4.57 Å². The quantitative estimate of drug-likeness (QED) is 0.902. The fourth-order valence-electron chi connectivity index (χ4n) is 2.43. The first-order valence-corrected chi connectivity index (χ1v) is 7.33. The number of rotatable bonds is 5. The number of ether oxygens (including phenoxy) is 2. The zero-order valence-electron chi connectivity index (χ0n) is 12.3. The number of imidazole rings is 1. The Balaban J connectivity index is 1.90. The van der Waals surface area contributed by atoms with Crippen LogP contribution in [0.4, 0.5) is 0 Å². The molecule has 1 fully saturated rings. The molecular formula is C14H20N4O3. The summed E-state index contributed by atoms with van der Waals surface area (Å²) < 4.78 is 13.4. The third kappa shape index (κ3) is 2.71. The Hall–Kier alpha value is -1.73. The van der Waals surface area contributed by atoms with E-state index >= 15 is 0 Å². The van der Waals surface area contributed by atoms with E-state index in [0.717, 1.165) is 19.3 Å². The number of hydrogen-bond acceptors (Lipinski definition) is 6. The number of nitrogens with zero attached hydrogens (tertiary/aromatic N) is 4. The Labute approximate surface area is 122 Å². The van der Waals surface area contributed by atoms with Gasteiger partial charge in [0.2, 0.25) is 5.88 Å². The minimum atomic E-state index is -0.140. The van der Waals surface area contributed by atoms with Gasteiger partial charge in [0.25, 0.3) is 0 Å². The van der Waals surface area contributed by atoms with Gasteiger partial charge in [0.05, 0.1) is 25.1 Å². The molecule has 0 aliphatic carbocycles. The molecule has 0 aromatic carbocycles. The van der Waals surface area contributed by atoms with Crippen molar-refractivity contribution >= 4 is 11.2 Å². The van der Waals surface area contributed by atoms with Gasteiger partial charge in [-0.25, -0.2) is 9.97 Å².